The summed E-state index contributed by atoms with van der Waals surface area (Å²) in [6.07, 6.45) is 0. The Kier molecular flexibility index (Phi) is 4.10. The number of hydrogen-bond acceptors (Lipinski definition) is 2. The Labute approximate surface area is 124 Å². The summed E-state index contributed by atoms with van der Waals surface area (Å²) in [5, 5.41) is 0. The molecule has 24 heavy (non-hydrogen) atoms. The zero-order valence-corrected chi connectivity index (χ0v) is 10.6. The number of ketones is 1. The topological polar surface area (TPSA) is 26.3 Å². The fourth-order valence-electron chi connectivity index (χ4n) is 1.58. The molecule has 0 aliphatic heterocycles. The molecule has 1 aromatic rings. The van der Waals surface area contributed by atoms with Crippen LogP contribution in [-0.4, -0.2) is 11.6 Å². The molecule has 0 heterocycles. The average Bonchev–Trinajstić information content (AvgIpc) is 2.57. The van der Waals surface area contributed by atoms with Gasteiger partial charge in [-0.15, -0.1) is 0 Å². The molecule has 0 fully saturated rings. The first-order valence-corrected chi connectivity index (χ1v) is 5.50. The van der Waals surface area contributed by atoms with E-state index in [4.69, 9.17) is 0 Å². The van der Waals surface area contributed by atoms with Crippen LogP contribution in [0.25, 0.3) is 0 Å². The molecule has 12 heteroatoms. The summed E-state index contributed by atoms with van der Waals surface area (Å²) in [6, 6.07) is 0. The molecule has 1 aromatic carbocycles. The van der Waals surface area contributed by atoms with E-state index in [0.29, 0.717) is 0 Å². The molecule has 0 spiro atoms. The number of Topliss-reactive ketones (excluding diaryl/α,β-unsaturated/α-hetero) is 1. The van der Waals surface area contributed by atoms with Crippen LogP contribution in [0.15, 0.2) is 23.3 Å². The number of hydrogen-bond donors (Lipinski definition) is 0. The third-order valence-corrected chi connectivity index (χ3v) is 2.76. The largest absolute Gasteiger partial charge is 0.440 e. The Hall–Kier alpha value is -2.53. The summed E-state index contributed by atoms with van der Waals surface area (Å²) < 4.78 is 135. The van der Waals surface area contributed by atoms with Crippen molar-refractivity contribution in [1.29, 1.82) is 0 Å². The third kappa shape index (κ3) is 2.24. The van der Waals surface area contributed by atoms with Gasteiger partial charge in [0.15, 0.2) is 0 Å². The first kappa shape index (κ1) is 17.8. The molecule has 0 radical (unpaired) electrons. The van der Waals surface area contributed by atoms with Crippen molar-refractivity contribution in [2.45, 2.75) is 5.85 Å². The third-order valence-electron chi connectivity index (χ3n) is 2.76. The van der Waals surface area contributed by atoms with Gasteiger partial charge >= 0.3 is 5.85 Å². The van der Waals surface area contributed by atoms with Crippen molar-refractivity contribution < 1.29 is 53.4 Å². The van der Waals surface area contributed by atoms with E-state index < -0.39 is 69.8 Å². The van der Waals surface area contributed by atoms with Gasteiger partial charge in [-0.25, -0.2) is 22.0 Å². The van der Waals surface area contributed by atoms with E-state index in [2.05, 4.69) is 4.74 Å². The van der Waals surface area contributed by atoms with Gasteiger partial charge in [0.1, 0.15) is 0 Å². The van der Waals surface area contributed by atoms with Crippen LogP contribution < -0.4 is 4.74 Å². The molecule has 0 saturated carbocycles. The second kappa shape index (κ2) is 5.53. The first-order valence-electron chi connectivity index (χ1n) is 5.50. The number of alkyl halides is 1. The van der Waals surface area contributed by atoms with Gasteiger partial charge in [-0.1, -0.05) is 0 Å². The quantitative estimate of drug-likeness (QED) is 0.443. The molecular weight excluding hydrogens is 366 g/mol. The Morgan fingerprint density at radius 2 is 0.958 bits per heavy atom. The summed E-state index contributed by atoms with van der Waals surface area (Å²) in [6.45, 7) is 0. The van der Waals surface area contributed by atoms with Crippen molar-refractivity contribution in [3.8, 4) is 5.75 Å². The molecule has 0 N–H and O–H groups in total. The van der Waals surface area contributed by atoms with E-state index in [1.807, 2.05) is 0 Å². The molecule has 1 aliphatic carbocycles. The van der Waals surface area contributed by atoms with Crippen molar-refractivity contribution in [3.63, 3.8) is 0 Å². The van der Waals surface area contributed by atoms with E-state index in [0.717, 1.165) is 0 Å². The van der Waals surface area contributed by atoms with Gasteiger partial charge in [0.05, 0.1) is 0 Å². The highest BCUT2D eigenvalue weighted by Gasteiger charge is 2.55. The van der Waals surface area contributed by atoms with Crippen molar-refractivity contribution in [2.24, 2.45) is 0 Å². The minimum absolute atomic E-state index is 2.56. The van der Waals surface area contributed by atoms with Gasteiger partial charge < -0.3 is 4.74 Å². The number of ether oxygens (including phenoxy) is 1. The lowest BCUT2D eigenvalue weighted by Gasteiger charge is -2.26. The second-order valence-electron chi connectivity index (χ2n) is 4.18. The molecule has 1 aliphatic rings. The lowest BCUT2D eigenvalue weighted by Crippen LogP contribution is -2.38. The predicted octanol–water partition coefficient (Wildman–Crippen LogP) is 4.31. The van der Waals surface area contributed by atoms with E-state index in [1.165, 1.54) is 0 Å². The number of allylic oxidation sites excluding steroid dienone is 2. The Morgan fingerprint density at radius 3 is 1.33 bits per heavy atom. The average molecular weight is 366 g/mol. The highest BCUT2D eigenvalue weighted by Crippen LogP contribution is 2.44. The zero-order chi connectivity index (χ0) is 18.6. The minimum atomic E-state index is -5.10. The lowest BCUT2D eigenvalue weighted by atomic mass is 10.0. The van der Waals surface area contributed by atoms with Gasteiger partial charge in [0, 0.05) is 0 Å². The van der Waals surface area contributed by atoms with Gasteiger partial charge in [-0.3, -0.25) is 4.79 Å². The number of benzene rings is 1. The molecule has 0 saturated heterocycles. The van der Waals surface area contributed by atoms with Crippen LogP contribution >= 0.6 is 0 Å². The van der Waals surface area contributed by atoms with E-state index >= 15 is 0 Å². The highest BCUT2D eigenvalue weighted by molar-refractivity contribution is 6.07. The zero-order valence-electron chi connectivity index (χ0n) is 10.6. The predicted molar refractivity (Wildman–Crippen MR) is 54.2 cm³/mol. The molecule has 0 aromatic heterocycles. The SMILES string of the molecule is O=C1C(F)=C(F)C(F)(Oc2c(F)c(F)c(F)c(F)c2F)C(F)=C1F. The maximum atomic E-state index is 14.1. The molecule has 0 unspecified atom stereocenters. The van der Waals surface area contributed by atoms with E-state index in [-0.39, 0.29) is 0 Å². The standard InChI is InChI=1S/C12F10O2/c13-1-2(14)4(16)9(5(17)3(1)15)24-12(22)10(20)6(18)8(23)7(19)11(12)21. The second-order valence-corrected chi connectivity index (χ2v) is 4.18. The van der Waals surface area contributed by atoms with Crippen LogP contribution in [0.5, 0.6) is 5.75 Å². The Bertz CT molecular complexity index is 769. The number of rotatable bonds is 2. The maximum absolute atomic E-state index is 14.1. The Morgan fingerprint density at radius 1 is 0.625 bits per heavy atom. The Balaban J connectivity index is 2.69. The molecule has 2 nitrogen and oxygen atoms in total. The molecule has 0 amide bonds. The van der Waals surface area contributed by atoms with Crippen LogP contribution in [0, 0.1) is 29.1 Å². The van der Waals surface area contributed by atoms with Crippen molar-refractivity contribution in [1.82, 2.24) is 0 Å². The number of carbonyl (C=O) groups excluding carboxylic acids is 1. The van der Waals surface area contributed by atoms with Crippen LogP contribution in [0.2, 0.25) is 0 Å². The minimum Gasteiger partial charge on any atom is -0.440 e. The number of carbonyl (C=O) groups is 1. The summed E-state index contributed by atoms with van der Waals surface area (Å²) in [5.74, 6) is -36.0. The van der Waals surface area contributed by atoms with E-state index in [9.17, 15) is 48.7 Å². The summed E-state index contributed by atoms with van der Waals surface area (Å²) in [7, 11) is 0. The molecular formula is C12F10O2. The van der Waals surface area contributed by atoms with Crippen LogP contribution in [0.1, 0.15) is 0 Å². The van der Waals surface area contributed by atoms with Gasteiger partial charge in [0.25, 0.3) is 5.78 Å². The first-order chi connectivity index (χ1) is 10.9. The van der Waals surface area contributed by atoms with Crippen LogP contribution in [-0.2, 0) is 4.79 Å². The lowest BCUT2D eigenvalue weighted by molar-refractivity contribution is -0.118. The summed E-state index contributed by atoms with van der Waals surface area (Å²) in [4.78, 5) is 10.7. The fourth-order valence-corrected chi connectivity index (χ4v) is 1.58. The van der Waals surface area contributed by atoms with Crippen molar-refractivity contribution in [3.05, 3.63) is 52.4 Å². The fraction of sp³-hybridized carbons (Fsp3) is 0.0833. The van der Waals surface area contributed by atoms with Gasteiger partial charge in [-0.05, 0) is 0 Å². The molecule has 0 bridgehead atoms. The van der Waals surface area contributed by atoms with Crippen LogP contribution in [0.3, 0.4) is 0 Å². The monoisotopic (exact) mass is 366 g/mol. The summed E-state index contributed by atoms with van der Waals surface area (Å²) in [5.41, 5.74) is 0. The summed E-state index contributed by atoms with van der Waals surface area (Å²) >= 11 is 0. The van der Waals surface area contributed by atoms with Crippen LogP contribution in [0.4, 0.5) is 43.9 Å². The highest BCUT2D eigenvalue weighted by atomic mass is 19.2. The maximum Gasteiger partial charge on any atom is 0.359 e. The smallest absolute Gasteiger partial charge is 0.359 e. The van der Waals surface area contributed by atoms with Crippen molar-refractivity contribution >= 4 is 5.78 Å². The van der Waals surface area contributed by atoms with Gasteiger partial charge in [-0.2, -0.15) is 22.0 Å². The van der Waals surface area contributed by atoms with Gasteiger partial charge in [0.2, 0.25) is 58.1 Å². The number of halogens is 10. The van der Waals surface area contributed by atoms with Crippen molar-refractivity contribution in [2.75, 3.05) is 0 Å². The molecule has 130 valence electrons. The normalized spacial score (nSPS) is 17.7. The molecule has 0 atom stereocenters. The van der Waals surface area contributed by atoms with E-state index in [1.54, 1.807) is 0 Å². The molecule has 2 rings (SSSR count).